The second-order valence-electron chi connectivity index (χ2n) is 7.30. The van der Waals surface area contributed by atoms with E-state index < -0.39 is 0 Å². The van der Waals surface area contributed by atoms with Gasteiger partial charge < -0.3 is 5.32 Å². The lowest BCUT2D eigenvalue weighted by Gasteiger charge is -2.37. The van der Waals surface area contributed by atoms with E-state index in [1.807, 2.05) is 18.2 Å². The first-order valence-corrected chi connectivity index (χ1v) is 10.3. The molecule has 144 valence electrons. The maximum absolute atomic E-state index is 10.8. The van der Waals surface area contributed by atoms with Crippen molar-refractivity contribution in [3.63, 3.8) is 0 Å². The Morgan fingerprint density at radius 2 is 1.78 bits per heavy atom. The molecule has 1 unspecified atom stereocenters. The van der Waals surface area contributed by atoms with Gasteiger partial charge in [-0.25, -0.2) is 0 Å². The Morgan fingerprint density at radius 1 is 1.04 bits per heavy atom. The molecule has 27 heavy (non-hydrogen) atoms. The summed E-state index contributed by atoms with van der Waals surface area (Å²) in [6.07, 6.45) is 5.16. The van der Waals surface area contributed by atoms with E-state index in [9.17, 15) is 4.79 Å². The van der Waals surface area contributed by atoms with Crippen molar-refractivity contribution in [2.24, 2.45) is 5.92 Å². The van der Waals surface area contributed by atoms with Crippen molar-refractivity contribution in [1.29, 1.82) is 0 Å². The number of likely N-dealkylation sites (tertiary alicyclic amines) is 1. The molecule has 2 aromatic rings. The van der Waals surface area contributed by atoms with Crippen LogP contribution in [0.2, 0.25) is 10.0 Å². The van der Waals surface area contributed by atoms with Crippen LogP contribution in [0.25, 0.3) is 0 Å². The minimum absolute atomic E-state index is 0.269. The smallest absolute Gasteiger partial charge is 0.207 e. The van der Waals surface area contributed by atoms with E-state index in [4.69, 9.17) is 23.2 Å². The van der Waals surface area contributed by atoms with Crippen molar-refractivity contribution in [1.82, 2.24) is 10.2 Å². The third kappa shape index (κ3) is 5.97. The molecule has 0 bridgehead atoms. The average Bonchev–Trinajstić information content (AvgIpc) is 2.69. The molecule has 1 atom stereocenters. The first-order valence-electron chi connectivity index (χ1n) is 9.54. The lowest BCUT2D eigenvalue weighted by molar-refractivity contribution is -0.109. The molecule has 0 aliphatic carbocycles. The number of nitrogens with zero attached hydrogens (tertiary/aromatic N) is 1. The van der Waals surface area contributed by atoms with Gasteiger partial charge in [-0.2, -0.15) is 0 Å². The topological polar surface area (TPSA) is 32.3 Å². The van der Waals surface area contributed by atoms with Gasteiger partial charge in [0.1, 0.15) is 0 Å². The van der Waals surface area contributed by atoms with Gasteiger partial charge in [0.25, 0.3) is 0 Å². The maximum atomic E-state index is 10.8. The van der Waals surface area contributed by atoms with Gasteiger partial charge in [-0.15, -0.1) is 0 Å². The summed E-state index contributed by atoms with van der Waals surface area (Å²) in [5.41, 5.74) is 2.57. The number of hydrogen-bond donors (Lipinski definition) is 1. The van der Waals surface area contributed by atoms with Gasteiger partial charge in [0, 0.05) is 12.6 Å². The molecule has 1 N–H and O–H groups in total. The largest absolute Gasteiger partial charge is 0.357 e. The first-order chi connectivity index (χ1) is 13.2. The van der Waals surface area contributed by atoms with Crippen LogP contribution >= 0.6 is 23.2 Å². The summed E-state index contributed by atoms with van der Waals surface area (Å²) in [6.45, 7) is 2.77. The highest BCUT2D eigenvalue weighted by molar-refractivity contribution is 6.42. The number of carbonyl (C=O) groups excluding carboxylic acids is 1. The summed E-state index contributed by atoms with van der Waals surface area (Å²) in [5, 5.41) is 4.02. The monoisotopic (exact) mass is 404 g/mol. The second-order valence-corrected chi connectivity index (χ2v) is 8.12. The number of carbonyl (C=O) groups is 1. The maximum Gasteiger partial charge on any atom is 0.207 e. The number of benzene rings is 2. The Morgan fingerprint density at radius 3 is 2.44 bits per heavy atom. The van der Waals surface area contributed by atoms with Gasteiger partial charge in [-0.1, -0.05) is 59.6 Å². The van der Waals surface area contributed by atoms with Crippen LogP contribution in [0.1, 0.15) is 24.0 Å². The van der Waals surface area contributed by atoms with Crippen LogP contribution in [0.4, 0.5) is 0 Å². The van der Waals surface area contributed by atoms with E-state index in [1.54, 1.807) is 0 Å². The molecule has 0 aromatic heterocycles. The standard InChI is InChI=1S/C22H26Cl2N2O/c23-21-7-6-19(14-22(21)24)13-20(15-25-16-27)26-10-8-18(9-11-26)12-17-4-2-1-3-5-17/h1-7,14,16,18,20H,8-13,15H2,(H,25,27). The lowest BCUT2D eigenvalue weighted by Crippen LogP contribution is -2.47. The molecule has 0 saturated carbocycles. The molecule has 1 amide bonds. The molecule has 3 rings (SSSR count). The quantitative estimate of drug-likeness (QED) is 0.651. The Balaban J connectivity index is 1.58. The van der Waals surface area contributed by atoms with E-state index >= 15 is 0 Å². The van der Waals surface area contributed by atoms with Gasteiger partial charge >= 0.3 is 0 Å². The lowest BCUT2D eigenvalue weighted by atomic mass is 9.89. The summed E-state index contributed by atoms with van der Waals surface area (Å²) >= 11 is 12.2. The van der Waals surface area contributed by atoms with Crippen molar-refractivity contribution < 1.29 is 4.79 Å². The molecule has 2 aromatic carbocycles. The number of piperidine rings is 1. The Bertz CT molecular complexity index is 730. The van der Waals surface area contributed by atoms with Gasteiger partial charge in [0.2, 0.25) is 6.41 Å². The molecular formula is C22H26Cl2N2O. The molecule has 1 heterocycles. The predicted octanol–water partition coefficient (Wildman–Crippen LogP) is 4.61. The van der Waals surface area contributed by atoms with Crippen LogP contribution < -0.4 is 5.32 Å². The Hall–Kier alpha value is -1.55. The van der Waals surface area contributed by atoms with E-state index in [1.165, 1.54) is 18.4 Å². The fraction of sp³-hybridized carbons (Fsp3) is 0.409. The number of amides is 1. The molecule has 0 spiro atoms. The molecule has 1 saturated heterocycles. The average molecular weight is 405 g/mol. The molecule has 1 aliphatic heterocycles. The van der Waals surface area contributed by atoms with E-state index in [-0.39, 0.29) is 6.04 Å². The minimum atomic E-state index is 0.269. The molecule has 5 heteroatoms. The fourth-order valence-corrected chi connectivity index (χ4v) is 4.24. The molecular weight excluding hydrogens is 379 g/mol. The normalized spacial score (nSPS) is 16.8. The number of nitrogens with one attached hydrogen (secondary N) is 1. The zero-order chi connectivity index (χ0) is 19.1. The van der Waals surface area contributed by atoms with Gasteiger partial charge in [0.05, 0.1) is 10.0 Å². The number of halogens is 2. The third-order valence-corrected chi connectivity index (χ3v) is 6.16. The van der Waals surface area contributed by atoms with Crippen LogP contribution in [-0.4, -0.2) is 37.0 Å². The van der Waals surface area contributed by atoms with E-state index in [2.05, 4.69) is 40.5 Å². The van der Waals surface area contributed by atoms with Gasteiger partial charge in [-0.3, -0.25) is 9.69 Å². The molecule has 1 aliphatic rings. The van der Waals surface area contributed by atoms with Crippen molar-refractivity contribution >= 4 is 29.6 Å². The van der Waals surface area contributed by atoms with Gasteiger partial charge in [-0.05, 0) is 68.0 Å². The van der Waals surface area contributed by atoms with Crippen molar-refractivity contribution in [3.8, 4) is 0 Å². The van der Waals surface area contributed by atoms with Crippen LogP contribution in [-0.2, 0) is 17.6 Å². The number of rotatable bonds is 8. The summed E-state index contributed by atoms with van der Waals surface area (Å²) in [7, 11) is 0. The van der Waals surface area contributed by atoms with Crippen molar-refractivity contribution in [2.45, 2.75) is 31.7 Å². The van der Waals surface area contributed by atoms with E-state index in [0.717, 1.165) is 43.8 Å². The third-order valence-electron chi connectivity index (χ3n) is 5.42. The van der Waals surface area contributed by atoms with Gasteiger partial charge in [0.15, 0.2) is 0 Å². The van der Waals surface area contributed by atoms with Crippen LogP contribution in [0, 0.1) is 5.92 Å². The van der Waals surface area contributed by atoms with Crippen LogP contribution in [0.15, 0.2) is 48.5 Å². The highest BCUT2D eigenvalue weighted by Crippen LogP contribution is 2.26. The Kier molecular flexibility index (Phi) is 7.57. The highest BCUT2D eigenvalue weighted by atomic mass is 35.5. The molecule has 3 nitrogen and oxygen atoms in total. The molecule has 1 fully saturated rings. The second kappa shape index (κ2) is 10.1. The summed E-state index contributed by atoms with van der Waals surface area (Å²) in [5.74, 6) is 0.730. The van der Waals surface area contributed by atoms with Crippen molar-refractivity contribution in [3.05, 3.63) is 69.7 Å². The van der Waals surface area contributed by atoms with Crippen molar-refractivity contribution in [2.75, 3.05) is 19.6 Å². The zero-order valence-corrected chi connectivity index (χ0v) is 16.9. The zero-order valence-electron chi connectivity index (χ0n) is 15.4. The minimum Gasteiger partial charge on any atom is -0.357 e. The summed E-state index contributed by atoms with van der Waals surface area (Å²) in [6, 6.07) is 16.8. The summed E-state index contributed by atoms with van der Waals surface area (Å²) < 4.78 is 0. The first kappa shape index (κ1) is 20.2. The SMILES string of the molecule is O=CNCC(Cc1ccc(Cl)c(Cl)c1)N1CCC(Cc2ccccc2)CC1. The molecule has 0 radical (unpaired) electrons. The van der Waals surface area contributed by atoms with Crippen LogP contribution in [0.5, 0.6) is 0 Å². The van der Waals surface area contributed by atoms with E-state index in [0.29, 0.717) is 16.6 Å². The Labute approximate surface area is 171 Å². The summed E-state index contributed by atoms with van der Waals surface area (Å²) in [4.78, 5) is 13.3. The highest BCUT2D eigenvalue weighted by Gasteiger charge is 2.25. The number of hydrogen-bond acceptors (Lipinski definition) is 2. The van der Waals surface area contributed by atoms with Crippen LogP contribution in [0.3, 0.4) is 0 Å². The fourth-order valence-electron chi connectivity index (χ4n) is 3.92. The predicted molar refractivity (Wildman–Crippen MR) is 112 cm³/mol.